The van der Waals surface area contributed by atoms with Crippen molar-refractivity contribution in [1.29, 1.82) is 0 Å². The molecule has 11 aromatic heterocycles. The number of aliphatic hydroxyl groups excluding tert-OH is 3. The van der Waals surface area contributed by atoms with Gasteiger partial charge in [0.25, 0.3) is 22.2 Å². The summed E-state index contributed by atoms with van der Waals surface area (Å²) >= 11 is 0. The number of nitrogens with zero attached hydrogens (tertiary/aromatic N) is 19. The molecule has 18 heterocycles. The van der Waals surface area contributed by atoms with Crippen LogP contribution in [0.25, 0.3) is 33.5 Å². The van der Waals surface area contributed by atoms with Crippen LogP contribution in [0.1, 0.15) is 131 Å². The molecule has 0 radical (unpaired) electrons. The Morgan fingerprint density at radius 2 is 0.829 bits per heavy atom. The number of aromatic amines is 4. The third kappa shape index (κ3) is 23.5. The number of anilines is 5. The lowest BCUT2D eigenvalue weighted by atomic mass is 10.1. The molecular formula is C75H93N28O38P5. The molecule has 71 heteroatoms. The number of nitrogen functional groups attached to an aromatic ring is 5. The predicted octanol–water partition coefficient (Wildman–Crippen LogP) is -3.31. The maximum absolute atomic E-state index is 14.6. The fraction of sp³-hybridized carbons (Fsp3) is 0.533. The molecule has 7 aliphatic heterocycles. The van der Waals surface area contributed by atoms with Gasteiger partial charge in [-0.3, -0.25) is 116 Å². The average Bonchev–Trinajstić information content (AvgIpc) is 1.63. The molecular weight excluding hydrogens is 2060 g/mol. The first kappa shape index (κ1) is 104. The van der Waals surface area contributed by atoms with E-state index < -0.39 is 285 Å². The Morgan fingerprint density at radius 3 is 1.29 bits per heavy atom. The molecule has 7 fully saturated rings. The topological polar surface area (TPSA) is 915 Å². The molecule has 0 bridgehead atoms. The number of nitrogens with two attached hydrogens (primary N) is 5. The van der Waals surface area contributed by atoms with Crippen LogP contribution < -0.4 is 73.7 Å². The van der Waals surface area contributed by atoms with E-state index in [4.69, 9.17) is 107 Å². The minimum Gasteiger partial charge on any atom is -0.394 e. The fourth-order valence-corrected chi connectivity index (χ4v) is 21.9. The number of hydrogen-bond acceptors (Lipinski definition) is 49. The van der Waals surface area contributed by atoms with Crippen LogP contribution in [0.5, 0.6) is 0 Å². The lowest BCUT2D eigenvalue weighted by Crippen LogP contribution is -2.33. The van der Waals surface area contributed by atoms with E-state index in [0.717, 1.165) is 38.6 Å². The van der Waals surface area contributed by atoms with Crippen molar-refractivity contribution in [3.05, 3.63) is 169 Å². The van der Waals surface area contributed by atoms with Crippen LogP contribution in [0.15, 0.2) is 107 Å². The zero-order chi connectivity index (χ0) is 103. The fourth-order valence-electron chi connectivity index (χ4n) is 17.3. The number of hydrogen-bond donors (Lipinski definition) is 17. The van der Waals surface area contributed by atoms with Gasteiger partial charge in [-0.2, -0.15) is 19.9 Å². The van der Waals surface area contributed by atoms with Gasteiger partial charge in [-0.1, -0.05) is 17.1 Å². The van der Waals surface area contributed by atoms with Crippen LogP contribution in [0.4, 0.5) is 29.4 Å². The zero-order valence-corrected chi connectivity index (χ0v) is 80.1. The standard InChI is InChI=1S/C75H93N28O38P5/c1-33-19-98(74(113)92-66(33)107)52-12-36(43(22-104)131-52)103-21-35(94-95-103)7-5-3-2-4-6-34-20-99(75(114)93-67(34)108)57-17-41(140-145(121,122)129-27-48-39(15-55(134-48)96-10-8-50(76)86-72(96)111)138-143(117,118)127-23-44-37(105)13-53(132-44)101-31-84-60-64(101)88-70(79)90-68(60)109)46(136-57)25-125-142(115,116)126-26-47-42(18-58(137-47)100-30-83-59-62(78)81-29-82-63(59)100)141-146(123,124)130-28-49-40(16-56(135-49)97-11-9-51(77)87-73(97)112)139-144(119,120)128-24-45-38(106)14-54(133-45)102-32-85-61-65(102)89-71(80)91-69(61)110/h8-11,19-21,29-32,36-49,52-58,104-106H,2-3,5,7,12-18,22-28H2,1H3,(H,115,116)(H,117,118)(H,119,120)(H,121,122)(H,123,124)(H2,76,86,111)(H2,77,87,112)(H2,78,81,82)(H,92,107,113)(H,93,108,114)(H3,79,88,90,109)(H3,80,89,91,110)/t36-,37-,38-,39-,40-,41-,42-,43+,44+,45+,46+,47+,48+,49+,52+,53+,54+,55+,56+,57+,58+/m0/s1. The second kappa shape index (κ2) is 42.5. The molecule has 26 atom stereocenters. The SMILES string of the molecule is Cc1cn([C@H]2C[C@H](n3cc(CCCCC#Cc4cn([C@H]5C[C@H](OP(=O)(O)OC[C@H]6O[C@@H](n7ccc(N)nc7=O)C[C@@H]6OP(=O)(O)OC[C@H]6O[C@@H](n7cnc8c(=O)[nH]c(N)nc87)C[C@@H]6O)[C@@H](COP(=O)(O)OC[C@H]6O[C@@H](n7cnc8c(N)ncnc87)C[C@@H]6OP(=O)(O)OC[C@H]6O[C@@H](n7ccc(N)nc7=O)C[C@@H]6OP(=O)(O)OC[C@H]6O[C@@H](n7cnc8c(=O)[nH]c(N)nc87)C[C@@H]6O)O5)c(=O)[nH]c4=O)nn3)[C@@H](CO)O2)c(=O)[nH]c1=O. The minimum atomic E-state index is -5.71. The third-order valence-corrected chi connectivity index (χ3v) is 29.4. The molecule has 0 amide bonds. The molecule has 18 rings (SSSR count). The van der Waals surface area contributed by atoms with Gasteiger partial charge in [-0.15, -0.1) is 5.10 Å². The molecule has 0 aromatic carbocycles. The first-order valence-electron chi connectivity index (χ1n) is 44.4. The van der Waals surface area contributed by atoms with Gasteiger partial charge < -0.3 is 102 Å². The first-order valence-corrected chi connectivity index (χ1v) is 51.8. The molecule has 7 aliphatic rings. The van der Waals surface area contributed by atoms with Crippen molar-refractivity contribution in [3.8, 4) is 11.8 Å². The largest absolute Gasteiger partial charge is 0.472 e. The van der Waals surface area contributed by atoms with Crippen molar-refractivity contribution in [2.45, 2.75) is 207 Å². The Kier molecular flexibility index (Phi) is 30.3. The Morgan fingerprint density at radius 1 is 0.432 bits per heavy atom. The van der Waals surface area contributed by atoms with Crippen molar-refractivity contribution >= 4 is 102 Å². The highest BCUT2D eigenvalue weighted by atomic mass is 31.2. The van der Waals surface area contributed by atoms with Crippen molar-refractivity contribution in [3.63, 3.8) is 0 Å². The van der Waals surface area contributed by atoms with Gasteiger partial charge in [0.2, 0.25) is 11.9 Å². The van der Waals surface area contributed by atoms with Gasteiger partial charge in [0.1, 0.15) is 140 Å². The number of aryl methyl sites for hydroxylation is 2. The lowest BCUT2D eigenvalue weighted by Gasteiger charge is -2.25. The number of imidazole rings is 3. The third-order valence-electron chi connectivity index (χ3n) is 24.4. The highest BCUT2D eigenvalue weighted by molar-refractivity contribution is 7.48. The number of nitrogens with one attached hydrogen (secondary N) is 4. The number of ether oxygens (including phenoxy) is 7. The van der Waals surface area contributed by atoms with Gasteiger partial charge in [0, 0.05) is 87.9 Å². The normalized spacial score (nSPS) is 28.5. The Balaban J connectivity index is 0.559. The molecule has 146 heavy (non-hydrogen) atoms. The van der Waals surface area contributed by atoms with E-state index in [9.17, 15) is 101 Å². The predicted molar refractivity (Wildman–Crippen MR) is 485 cm³/mol. The summed E-state index contributed by atoms with van der Waals surface area (Å²) in [5.41, 5.74) is 22.6. The number of H-pyrrole nitrogens is 4. The summed E-state index contributed by atoms with van der Waals surface area (Å²) in [6.07, 6.45) is -19.5. The van der Waals surface area contributed by atoms with Crippen LogP contribution >= 0.6 is 39.1 Å². The molecule has 7 saturated heterocycles. The molecule has 11 aromatic rings. The maximum Gasteiger partial charge on any atom is 0.472 e. The molecule has 5 unspecified atom stereocenters. The van der Waals surface area contributed by atoms with Crippen molar-refractivity contribution in [2.24, 2.45) is 0 Å². The first-order chi connectivity index (χ1) is 69.4. The highest BCUT2D eigenvalue weighted by Crippen LogP contribution is 2.56. The number of aliphatic hydroxyl groups is 3. The van der Waals surface area contributed by atoms with E-state index in [1.54, 1.807) is 6.20 Å². The summed E-state index contributed by atoms with van der Waals surface area (Å²) < 4.78 is 178. The Hall–Kier alpha value is -11.8. The molecule has 66 nitrogen and oxygen atoms in total. The second-order valence-corrected chi connectivity index (χ2v) is 41.3. The highest BCUT2D eigenvalue weighted by Gasteiger charge is 2.52. The van der Waals surface area contributed by atoms with Crippen LogP contribution in [-0.2, 0) is 108 Å². The smallest absolute Gasteiger partial charge is 0.394 e. The van der Waals surface area contributed by atoms with E-state index >= 15 is 0 Å². The summed E-state index contributed by atoms with van der Waals surface area (Å²) in [6, 6.07) is 1.84. The Labute approximate surface area is 813 Å². The lowest BCUT2D eigenvalue weighted by molar-refractivity contribution is -0.0652. The molecule has 786 valence electrons. The minimum absolute atomic E-state index is 0.0136. The summed E-state index contributed by atoms with van der Waals surface area (Å²) in [7, 11) is -27.7. The summed E-state index contributed by atoms with van der Waals surface area (Å²) in [5.74, 6) is 4.50. The van der Waals surface area contributed by atoms with Crippen molar-refractivity contribution < 1.29 is 141 Å². The van der Waals surface area contributed by atoms with E-state index in [1.165, 1.54) is 67.2 Å². The number of rotatable bonds is 39. The van der Waals surface area contributed by atoms with Gasteiger partial charge in [-0.25, -0.2) is 71.6 Å². The molecule has 0 saturated carbocycles. The van der Waals surface area contributed by atoms with Crippen LogP contribution in [0, 0.1) is 18.8 Å². The van der Waals surface area contributed by atoms with E-state index in [-0.39, 0.29) is 99.7 Å². The van der Waals surface area contributed by atoms with Gasteiger partial charge in [0.05, 0.1) is 89.2 Å². The second-order valence-electron chi connectivity index (χ2n) is 34.2. The monoisotopic (exact) mass is 2150 g/mol. The number of phosphoric acid groups is 5. The maximum atomic E-state index is 14.6. The van der Waals surface area contributed by atoms with Crippen molar-refractivity contribution in [2.75, 3.05) is 74.9 Å². The number of phosphoric ester groups is 5. The average molecular weight is 2150 g/mol. The zero-order valence-electron chi connectivity index (χ0n) is 75.6. The Bertz CT molecular complexity index is 7590. The van der Waals surface area contributed by atoms with Gasteiger partial charge in [-0.05, 0) is 38.3 Å². The molecule has 22 N–H and O–H groups in total. The van der Waals surface area contributed by atoms with Crippen molar-refractivity contribution in [1.82, 2.24) is 112 Å². The van der Waals surface area contributed by atoms with Crippen LogP contribution in [0.2, 0.25) is 0 Å². The van der Waals surface area contributed by atoms with Gasteiger partial charge in [0.15, 0.2) is 33.8 Å². The van der Waals surface area contributed by atoms with E-state index in [0.29, 0.717) is 25.0 Å². The quantitative estimate of drug-likeness (QED) is 0.0102. The summed E-state index contributed by atoms with van der Waals surface area (Å²) in [4.78, 5) is 207. The van der Waals surface area contributed by atoms with E-state index in [2.05, 4.69) is 86.9 Å². The number of aromatic nitrogens is 23. The van der Waals surface area contributed by atoms with Crippen LogP contribution in [0.3, 0.4) is 0 Å². The summed E-state index contributed by atoms with van der Waals surface area (Å²) in [6.45, 7) is -5.14. The number of unbranched alkanes of at least 4 members (excludes halogenated alkanes) is 2. The summed E-state index contributed by atoms with van der Waals surface area (Å²) in [5, 5.41) is 40.9. The number of fused-ring (bicyclic) bond motifs is 3. The van der Waals surface area contributed by atoms with E-state index in [1.807, 2.05) is 0 Å². The van der Waals surface area contributed by atoms with Crippen LogP contribution in [-0.4, -0.2) is 277 Å². The van der Waals surface area contributed by atoms with Gasteiger partial charge >= 0.3 is 61.9 Å². The molecule has 0 aliphatic carbocycles. The molecule has 0 spiro atoms.